The zero-order valence-electron chi connectivity index (χ0n) is 20.9. The van der Waals surface area contributed by atoms with Crippen LogP contribution in [0.25, 0.3) is 10.8 Å². The Bertz CT molecular complexity index is 1320. The van der Waals surface area contributed by atoms with E-state index in [0.29, 0.717) is 18.5 Å². The van der Waals surface area contributed by atoms with Gasteiger partial charge in [-0.05, 0) is 46.9 Å². The van der Waals surface area contributed by atoms with Crippen molar-refractivity contribution in [2.24, 2.45) is 5.73 Å². The van der Waals surface area contributed by atoms with Crippen LogP contribution in [0.1, 0.15) is 47.8 Å². The summed E-state index contributed by atoms with van der Waals surface area (Å²) in [5.74, 6) is 7.31. The fourth-order valence-electron chi connectivity index (χ4n) is 3.60. The molecule has 36 heavy (non-hydrogen) atoms. The molecule has 0 saturated heterocycles. The van der Waals surface area contributed by atoms with Crippen LogP contribution in [0, 0.1) is 11.8 Å². The van der Waals surface area contributed by atoms with Crippen LogP contribution in [0.4, 0.5) is 0 Å². The molecule has 3 aromatic rings. The molecule has 0 aliphatic heterocycles. The zero-order chi connectivity index (χ0) is 26.3. The van der Waals surface area contributed by atoms with Crippen molar-refractivity contribution >= 4 is 22.6 Å². The normalized spacial score (nSPS) is 10.4. The van der Waals surface area contributed by atoms with Gasteiger partial charge in [0, 0.05) is 17.7 Å². The van der Waals surface area contributed by atoms with Gasteiger partial charge in [-0.2, -0.15) is 0 Å². The van der Waals surface area contributed by atoms with Gasteiger partial charge >= 0.3 is 0 Å². The van der Waals surface area contributed by atoms with Crippen LogP contribution in [-0.2, 0) is 11.2 Å². The van der Waals surface area contributed by atoms with Crippen molar-refractivity contribution in [3.05, 3.63) is 114 Å². The highest BCUT2D eigenvalue weighted by Crippen LogP contribution is 2.24. The van der Waals surface area contributed by atoms with E-state index in [2.05, 4.69) is 65.6 Å². The maximum Gasteiger partial charge on any atom is 0.252 e. The molecule has 184 valence electrons. The smallest absolute Gasteiger partial charge is 0.252 e. The lowest BCUT2D eigenvalue weighted by molar-refractivity contribution is 0.0939. The molecule has 0 radical (unpaired) electrons. The average molecular weight is 480 g/mol. The molecule has 4 N–H and O–H groups in total. The molecule has 3 aromatic carbocycles. The summed E-state index contributed by atoms with van der Waals surface area (Å²) in [4.78, 5) is 22.0. The number of nitrogens with one attached hydrogen (secondary N) is 2. The highest BCUT2D eigenvalue weighted by molar-refractivity contribution is 5.96. The number of nitrogens with two attached hydrogens (primary N) is 1. The van der Waals surface area contributed by atoms with Crippen LogP contribution < -0.4 is 16.4 Å². The Hall–Kier alpha value is -4.52. The van der Waals surface area contributed by atoms with E-state index < -0.39 is 0 Å². The third-order valence-corrected chi connectivity index (χ3v) is 5.49. The highest BCUT2D eigenvalue weighted by atomic mass is 16.1. The minimum absolute atomic E-state index is 0.0899. The maximum absolute atomic E-state index is 13.1. The lowest BCUT2D eigenvalue weighted by atomic mass is 9.98. The molecular weight excluding hydrogens is 446 g/mol. The molecule has 0 aromatic heterocycles. The Morgan fingerprint density at radius 2 is 1.72 bits per heavy atom. The van der Waals surface area contributed by atoms with E-state index in [1.54, 1.807) is 0 Å². The van der Waals surface area contributed by atoms with Crippen molar-refractivity contribution in [3.8, 4) is 11.8 Å². The largest absolute Gasteiger partial charge is 0.396 e. The monoisotopic (exact) mass is 479 g/mol. The molecule has 0 fully saturated rings. The second-order valence-corrected chi connectivity index (χ2v) is 8.10. The molecule has 1 unspecified atom stereocenters. The Kier molecular flexibility index (Phi) is 11.3. The third-order valence-electron chi connectivity index (χ3n) is 5.49. The Balaban J connectivity index is 0.00000106. The van der Waals surface area contributed by atoms with Gasteiger partial charge in [-0.3, -0.25) is 4.79 Å². The molecule has 1 amide bonds. The predicted octanol–water partition coefficient (Wildman–Crippen LogP) is 5.24. The van der Waals surface area contributed by atoms with Gasteiger partial charge in [-0.1, -0.05) is 92.6 Å². The number of carbonyl (C=O) groups excluding carboxylic acids is 2. The number of amides is 1. The van der Waals surface area contributed by atoms with Crippen molar-refractivity contribution in [1.82, 2.24) is 10.6 Å². The van der Waals surface area contributed by atoms with E-state index >= 15 is 0 Å². The lowest BCUT2D eigenvalue weighted by Crippen LogP contribution is -2.28. The molecule has 3 rings (SSSR count). The summed E-state index contributed by atoms with van der Waals surface area (Å²) in [6.07, 6.45) is 2.23. The molecule has 5 nitrogen and oxygen atoms in total. The SMILES string of the molecule is C=C(C#CCNC(=C)Cc1ccccc1C(=O)NC(C)c1cccc2ccccc12)CC.NC=C=O. The summed E-state index contributed by atoms with van der Waals surface area (Å²) in [6.45, 7) is 12.5. The van der Waals surface area contributed by atoms with Crippen LogP contribution in [-0.4, -0.2) is 18.4 Å². The number of fused-ring (bicyclic) bond motifs is 1. The number of carbonyl (C=O) groups is 1. The number of benzene rings is 3. The fourth-order valence-corrected chi connectivity index (χ4v) is 3.60. The van der Waals surface area contributed by atoms with E-state index in [9.17, 15) is 4.79 Å². The van der Waals surface area contributed by atoms with Gasteiger partial charge in [0.15, 0.2) is 0 Å². The van der Waals surface area contributed by atoms with Crippen molar-refractivity contribution in [1.29, 1.82) is 0 Å². The van der Waals surface area contributed by atoms with Gasteiger partial charge < -0.3 is 16.4 Å². The van der Waals surface area contributed by atoms with Gasteiger partial charge in [0.2, 0.25) is 0 Å². The Morgan fingerprint density at radius 1 is 1.06 bits per heavy atom. The van der Waals surface area contributed by atoms with Crippen LogP contribution in [0.5, 0.6) is 0 Å². The first-order valence-electron chi connectivity index (χ1n) is 11.8. The van der Waals surface area contributed by atoms with E-state index in [4.69, 9.17) is 4.79 Å². The molecule has 0 aliphatic rings. The van der Waals surface area contributed by atoms with Gasteiger partial charge in [0.25, 0.3) is 5.91 Å². The second-order valence-electron chi connectivity index (χ2n) is 8.10. The average Bonchev–Trinajstić information content (AvgIpc) is 2.90. The molecule has 0 bridgehead atoms. The summed E-state index contributed by atoms with van der Waals surface area (Å²) in [5, 5.41) is 8.71. The number of rotatable bonds is 8. The van der Waals surface area contributed by atoms with Crippen molar-refractivity contribution in [3.63, 3.8) is 0 Å². The molecule has 0 aliphatic carbocycles. The van der Waals surface area contributed by atoms with E-state index in [1.165, 1.54) is 11.3 Å². The van der Waals surface area contributed by atoms with Crippen molar-refractivity contribution < 1.29 is 9.59 Å². The maximum atomic E-state index is 13.1. The van der Waals surface area contributed by atoms with E-state index in [1.807, 2.05) is 56.3 Å². The zero-order valence-corrected chi connectivity index (χ0v) is 20.9. The molecule has 5 heteroatoms. The van der Waals surface area contributed by atoms with Crippen LogP contribution in [0.15, 0.2) is 97.4 Å². The molecular formula is C31H33N3O2. The topological polar surface area (TPSA) is 84.2 Å². The van der Waals surface area contributed by atoms with Gasteiger partial charge in [0.05, 0.1) is 18.8 Å². The first kappa shape index (κ1) is 27.7. The van der Waals surface area contributed by atoms with Gasteiger partial charge in [0.1, 0.15) is 5.94 Å². The minimum Gasteiger partial charge on any atom is -0.396 e. The summed E-state index contributed by atoms with van der Waals surface area (Å²) < 4.78 is 0. The van der Waals surface area contributed by atoms with Crippen molar-refractivity contribution in [2.45, 2.75) is 32.7 Å². The van der Waals surface area contributed by atoms with E-state index in [0.717, 1.165) is 40.4 Å². The van der Waals surface area contributed by atoms with Crippen molar-refractivity contribution in [2.75, 3.05) is 6.54 Å². The number of hydrogen-bond donors (Lipinski definition) is 3. The summed E-state index contributed by atoms with van der Waals surface area (Å²) in [7, 11) is 0. The van der Waals surface area contributed by atoms with Crippen LogP contribution in [0.2, 0.25) is 0 Å². The number of allylic oxidation sites excluding steroid dienone is 2. The third kappa shape index (κ3) is 8.36. The Morgan fingerprint density at radius 3 is 2.44 bits per heavy atom. The number of hydrogen-bond acceptors (Lipinski definition) is 4. The summed E-state index contributed by atoms with van der Waals surface area (Å²) in [5.41, 5.74) is 8.91. The predicted molar refractivity (Wildman–Crippen MR) is 149 cm³/mol. The van der Waals surface area contributed by atoms with Crippen LogP contribution in [0.3, 0.4) is 0 Å². The quantitative estimate of drug-likeness (QED) is 0.305. The minimum atomic E-state index is -0.120. The first-order chi connectivity index (χ1) is 17.4. The van der Waals surface area contributed by atoms with Gasteiger partial charge in [-0.15, -0.1) is 0 Å². The first-order valence-corrected chi connectivity index (χ1v) is 11.8. The molecule has 0 heterocycles. The molecule has 0 spiro atoms. The van der Waals surface area contributed by atoms with Crippen LogP contribution >= 0.6 is 0 Å². The Labute approximate surface area is 213 Å². The fraction of sp³-hybridized carbons (Fsp3) is 0.194. The lowest BCUT2D eigenvalue weighted by Gasteiger charge is -2.18. The summed E-state index contributed by atoms with van der Waals surface area (Å²) >= 11 is 0. The molecule has 1 atom stereocenters. The highest BCUT2D eigenvalue weighted by Gasteiger charge is 2.16. The standard InChI is InChI=1S/C29H30N2O.C2H3NO/c1-5-21(2)12-11-19-30-22(3)20-25-14-7-9-17-28(25)29(32)31-23(4)26-18-10-15-24-13-6-8-16-27(24)26;3-1-2-4/h6-10,13-18,23,30H,2-3,5,19-20H2,1,4H3,(H,31,32);1H,3H2. The second kappa shape index (κ2) is 14.7. The molecule has 0 saturated carbocycles. The van der Waals surface area contributed by atoms with E-state index in [-0.39, 0.29) is 11.9 Å². The summed E-state index contributed by atoms with van der Waals surface area (Å²) in [6, 6.07) is 22.0. The van der Waals surface area contributed by atoms with Gasteiger partial charge in [-0.25, -0.2) is 4.79 Å².